The van der Waals surface area contributed by atoms with E-state index in [-0.39, 0.29) is 12.5 Å². The van der Waals surface area contributed by atoms with Crippen LogP contribution in [0.15, 0.2) is 24.3 Å². The minimum atomic E-state index is -0.761. The van der Waals surface area contributed by atoms with Crippen molar-refractivity contribution < 1.29 is 9.90 Å². The van der Waals surface area contributed by atoms with Crippen LogP contribution in [-0.4, -0.2) is 41.7 Å². The summed E-state index contributed by atoms with van der Waals surface area (Å²) < 4.78 is 0. The molecule has 0 spiro atoms. The van der Waals surface area contributed by atoms with E-state index < -0.39 is 6.04 Å². The SMILES string of the molecule is Cc1ccccc1CC1CCN(C(=O)[C@H](N)CO)CC1. The zero-order valence-electron chi connectivity index (χ0n) is 12.1. The molecule has 20 heavy (non-hydrogen) atoms. The van der Waals surface area contributed by atoms with Gasteiger partial charge in [-0.25, -0.2) is 0 Å². The molecule has 0 radical (unpaired) electrons. The third kappa shape index (κ3) is 3.58. The molecular formula is C16H24N2O2. The standard InChI is InChI=1S/C16H24N2O2/c1-12-4-2-3-5-14(12)10-13-6-8-18(9-7-13)16(20)15(17)11-19/h2-5,13,15,19H,6-11,17H2,1H3/t15-/m1/s1. The van der Waals surface area contributed by atoms with Gasteiger partial charge < -0.3 is 15.7 Å². The summed E-state index contributed by atoms with van der Waals surface area (Å²) in [6.07, 6.45) is 3.11. The van der Waals surface area contributed by atoms with Gasteiger partial charge in [0.2, 0.25) is 5.91 Å². The largest absolute Gasteiger partial charge is 0.394 e. The van der Waals surface area contributed by atoms with E-state index >= 15 is 0 Å². The number of nitrogens with two attached hydrogens (primary N) is 1. The Balaban J connectivity index is 1.86. The summed E-state index contributed by atoms with van der Waals surface area (Å²) in [5.41, 5.74) is 8.33. The molecule has 1 heterocycles. The first-order valence-corrected chi connectivity index (χ1v) is 7.31. The van der Waals surface area contributed by atoms with Crippen molar-refractivity contribution in [2.24, 2.45) is 11.7 Å². The van der Waals surface area contributed by atoms with Crippen LogP contribution in [-0.2, 0) is 11.2 Å². The molecule has 0 unspecified atom stereocenters. The number of piperidine rings is 1. The minimum Gasteiger partial charge on any atom is -0.394 e. The Hall–Kier alpha value is -1.39. The smallest absolute Gasteiger partial charge is 0.241 e. The molecule has 1 aromatic carbocycles. The predicted octanol–water partition coefficient (Wildman–Crippen LogP) is 1.10. The number of carbonyl (C=O) groups excluding carboxylic acids is 1. The second kappa shape index (κ2) is 6.86. The molecule has 1 amide bonds. The van der Waals surface area contributed by atoms with E-state index in [2.05, 4.69) is 31.2 Å². The van der Waals surface area contributed by atoms with Gasteiger partial charge in [0, 0.05) is 13.1 Å². The van der Waals surface area contributed by atoms with Crippen LogP contribution < -0.4 is 5.73 Å². The van der Waals surface area contributed by atoms with Gasteiger partial charge in [-0.1, -0.05) is 24.3 Å². The lowest BCUT2D eigenvalue weighted by molar-refractivity contribution is -0.134. The van der Waals surface area contributed by atoms with Crippen molar-refractivity contribution in [3.8, 4) is 0 Å². The van der Waals surface area contributed by atoms with Crippen molar-refractivity contribution >= 4 is 5.91 Å². The molecule has 1 fully saturated rings. The Kier molecular flexibility index (Phi) is 5.15. The molecule has 0 aliphatic carbocycles. The molecule has 0 aromatic heterocycles. The van der Waals surface area contributed by atoms with Crippen molar-refractivity contribution in [3.63, 3.8) is 0 Å². The second-order valence-electron chi connectivity index (χ2n) is 5.69. The maximum Gasteiger partial charge on any atom is 0.241 e. The highest BCUT2D eigenvalue weighted by atomic mass is 16.3. The lowest BCUT2D eigenvalue weighted by Gasteiger charge is -2.33. The van der Waals surface area contributed by atoms with Gasteiger partial charge in [0.05, 0.1) is 6.61 Å². The molecule has 1 atom stereocenters. The summed E-state index contributed by atoms with van der Waals surface area (Å²) in [5.74, 6) is 0.507. The van der Waals surface area contributed by atoms with Gasteiger partial charge in [-0.2, -0.15) is 0 Å². The maximum atomic E-state index is 11.9. The number of aryl methyl sites for hydroxylation is 1. The van der Waals surface area contributed by atoms with Gasteiger partial charge in [0.1, 0.15) is 6.04 Å². The molecule has 1 aliphatic heterocycles. The topological polar surface area (TPSA) is 66.6 Å². The normalized spacial score (nSPS) is 18.1. The number of rotatable bonds is 4. The van der Waals surface area contributed by atoms with Gasteiger partial charge in [0.15, 0.2) is 0 Å². The number of benzene rings is 1. The Morgan fingerprint density at radius 1 is 1.40 bits per heavy atom. The summed E-state index contributed by atoms with van der Waals surface area (Å²) >= 11 is 0. The summed E-state index contributed by atoms with van der Waals surface area (Å²) in [6.45, 7) is 3.38. The zero-order chi connectivity index (χ0) is 14.5. The summed E-state index contributed by atoms with van der Waals surface area (Å²) in [5, 5.41) is 8.94. The number of aliphatic hydroxyl groups excluding tert-OH is 1. The molecule has 0 bridgehead atoms. The van der Waals surface area contributed by atoms with Gasteiger partial charge in [-0.05, 0) is 43.2 Å². The Morgan fingerprint density at radius 2 is 2.05 bits per heavy atom. The molecule has 3 N–H and O–H groups in total. The van der Waals surface area contributed by atoms with Crippen LogP contribution in [0, 0.1) is 12.8 Å². The lowest BCUT2D eigenvalue weighted by atomic mass is 9.88. The van der Waals surface area contributed by atoms with E-state index in [1.165, 1.54) is 11.1 Å². The molecule has 1 saturated heterocycles. The van der Waals surface area contributed by atoms with Crippen molar-refractivity contribution in [3.05, 3.63) is 35.4 Å². The first-order valence-electron chi connectivity index (χ1n) is 7.31. The molecular weight excluding hydrogens is 252 g/mol. The number of hydrogen-bond donors (Lipinski definition) is 2. The number of nitrogens with zero attached hydrogens (tertiary/aromatic N) is 1. The van der Waals surface area contributed by atoms with Crippen molar-refractivity contribution in [1.29, 1.82) is 0 Å². The fourth-order valence-corrected chi connectivity index (χ4v) is 2.82. The monoisotopic (exact) mass is 276 g/mol. The summed E-state index contributed by atoms with van der Waals surface area (Å²) in [4.78, 5) is 13.7. The van der Waals surface area contributed by atoms with Crippen LogP contribution in [0.3, 0.4) is 0 Å². The van der Waals surface area contributed by atoms with Crippen molar-refractivity contribution in [2.75, 3.05) is 19.7 Å². The van der Waals surface area contributed by atoms with Gasteiger partial charge in [-0.3, -0.25) is 4.79 Å². The Labute approximate surface area is 120 Å². The molecule has 1 aliphatic rings. The zero-order valence-corrected chi connectivity index (χ0v) is 12.1. The van der Waals surface area contributed by atoms with Crippen molar-refractivity contribution in [1.82, 2.24) is 4.90 Å². The highest BCUT2D eigenvalue weighted by Crippen LogP contribution is 2.23. The fourth-order valence-electron chi connectivity index (χ4n) is 2.82. The first-order chi connectivity index (χ1) is 9.61. The quantitative estimate of drug-likeness (QED) is 0.865. The van der Waals surface area contributed by atoms with E-state index in [9.17, 15) is 4.79 Å². The van der Waals surface area contributed by atoms with Gasteiger partial charge in [0.25, 0.3) is 0 Å². The van der Waals surface area contributed by atoms with E-state index in [4.69, 9.17) is 10.8 Å². The third-order valence-corrected chi connectivity index (χ3v) is 4.21. The number of aliphatic hydroxyl groups is 1. The van der Waals surface area contributed by atoms with Crippen LogP contribution in [0.2, 0.25) is 0 Å². The second-order valence-corrected chi connectivity index (χ2v) is 5.69. The van der Waals surface area contributed by atoms with Crippen LogP contribution in [0.5, 0.6) is 0 Å². The maximum absolute atomic E-state index is 11.9. The minimum absolute atomic E-state index is 0.123. The molecule has 4 nitrogen and oxygen atoms in total. The highest BCUT2D eigenvalue weighted by Gasteiger charge is 2.26. The highest BCUT2D eigenvalue weighted by molar-refractivity contribution is 5.81. The average molecular weight is 276 g/mol. The fraction of sp³-hybridized carbons (Fsp3) is 0.562. The summed E-state index contributed by atoms with van der Waals surface area (Å²) in [7, 11) is 0. The summed E-state index contributed by atoms with van der Waals surface area (Å²) in [6, 6.07) is 7.73. The van der Waals surface area contributed by atoms with E-state index in [1.54, 1.807) is 4.90 Å². The molecule has 1 aromatic rings. The third-order valence-electron chi connectivity index (χ3n) is 4.21. The van der Waals surface area contributed by atoms with Crippen LogP contribution in [0.4, 0.5) is 0 Å². The Bertz CT molecular complexity index is 454. The van der Waals surface area contributed by atoms with Crippen LogP contribution >= 0.6 is 0 Å². The molecule has 4 heteroatoms. The number of amides is 1. The van der Waals surface area contributed by atoms with E-state index in [0.717, 1.165) is 32.4 Å². The first kappa shape index (κ1) is 15.0. The van der Waals surface area contributed by atoms with Crippen molar-refractivity contribution in [2.45, 2.75) is 32.2 Å². The molecule has 110 valence electrons. The number of carbonyl (C=O) groups is 1. The van der Waals surface area contributed by atoms with Gasteiger partial charge in [-0.15, -0.1) is 0 Å². The molecule has 0 saturated carbocycles. The van der Waals surface area contributed by atoms with Gasteiger partial charge >= 0.3 is 0 Å². The van der Waals surface area contributed by atoms with Crippen LogP contribution in [0.1, 0.15) is 24.0 Å². The Morgan fingerprint density at radius 3 is 2.65 bits per heavy atom. The number of likely N-dealkylation sites (tertiary alicyclic amines) is 1. The van der Waals surface area contributed by atoms with Crippen LogP contribution in [0.25, 0.3) is 0 Å². The number of hydrogen-bond acceptors (Lipinski definition) is 3. The average Bonchev–Trinajstić information content (AvgIpc) is 2.49. The van der Waals surface area contributed by atoms with E-state index in [0.29, 0.717) is 5.92 Å². The van der Waals surface area contributed by atoms with E-state index in [1.807, 2.05) is 0 Å². The molecule has 2 rings (SSSR count). The predicted molar refractivity (Wildman–Crippen MR) is 79.2 cm³/mol. The lowest BCUT2D eigenvalue weighted by Crippen LogP contribution is -2.48.